The fourth-order valence-electron chi connectivity index (χ4n) is 4.46. The van der Waals surface area contributed by atoms with E-state index >= 15 is 0 Å². The highest BCUT2D eigenvalue weighted by atomic mass is 16.5. The van der Waals surface area contributed by atoms with Crippen LogP contribution in [0.1, 0.15) is 153 Å². The Hall–Kier alpha value is -1.71. The van der Waals surface area contributed by atoms with Crippen LogP contribution in [-0.4, -0.2) is 19.5 Å². The first-order valence-electron chi connectivity index (χ1n) is 14.9. The number of nitrogen functional groups attached to an aromatic ring is 1. The van der Waals surface area contributed by atoms with Crippen LogP contribution in [0.3, 0.4) is 0 Å². The second-order valence-corrected chi connectivity index (χ2v) is 10.1. The van der Waals surface area contributed by atoms with Gasteiger partial charge in [-0.05, 0) is 18.9 Å². The molecule has 0 heterocycles. The van der Waals surface area contributed by atoms with Gasteiger partial charge in [0.1, 0.15) is 0 Å². The van der Waals surface area contributed by atoms with E-state index in [2.05, 4.69) is 13.8 Å². The maximum Gasteiger partial charge on any atom is 0.163 e. The summed E-state index contributed by atoms with van der Waals surface area (Å²) in [4.78, 5) is 11.3. The third-order valence-electron chi connectivity index (χ3n) is 6.79. The average molecular weight is 490 g/mol. The first-order chi connectivity index (χ1) is 17.2. The van der Waals surface area contributed by atoms with Gasteiger partial charge in [-0.2, -0.15) is 0 Å². The summed E-state index contributed by atoms with van der Waals surface area (Å²) in [5, 5.41) is 0. The lowest BCUT2D eigenvalue weighted by Crippen LogP contribution is -2.05. The quantitative estimate of drug-likeness (QED) is 0.0843. The minimum atomic E-state index is 0.448. The summed E-state index contributed by atoms with van der Waals surface area (Å²) >= 11 is 0. The number of benzene rings is 1. The zero-order chi connectivity index (χ0) is 25.4. The van der Waals surface area contributed by atoms with Crippen LogP contribution in [0.4, 0.5) is 5.69 Å². The summed E-state index contributed by atoms with van der Waals surface area (Å²) in [5.74, 6) is 1.31. The number of aldehydes is 1. The molecule has 0 aliphatic heterocycles. The molecule has 0 aliphatic rings. The molecular formula is C31H55NO3. The number of anilines is 1. The van der Waals surface area contributed by atoms with Gasteiger partial charge >= 0.3 is 0 Å². The van der Waals surface area contributed by atoms with Crippen molar-refractivity contribution in [2.45, 2.75) is 142 Å². The monoisotopic (exact) mass is 489 g/mol. The number of hydrogen-bond acceptors (Lipinski definition) is 4. The predicted molar refractivity (Wildman–Crippen MR) is 151 cm³/mol. The lowest BCUT2D eigenvalue weighted by atomic mass is 10.1. The maximum atomic E-state index is 11.3. The molecule has 0 unspecified atom stereocenters. The van der Waals surface area contributed by atoms with Crippen LogP contribution in [0, 0.1) is 0 Å². The molecule has 1 rings (SSSR count). The Labute approximate surface area is 216 Å². The predicted octanol–water partition coefficient (Wildman–Crippen LogP) is 9.68. The van der Waals surface area contributed by atoms with Crippen LogP contribution in [-0.2, 0) is 0 Å². The first-order valence-corrected chi connectivity index (χ1v) is 14.9. The minimum Gasteiger partial charge on any atom is -0.490 e. The largest absolute Gasteiger partial charge is 0.490 e. The fourth-order valence-corrected chi connectivity index (χ4v) is 4.46. The van der Waals surface area contributed by atoms with E-state index in [1.165, 1.54) is 116 Å². The summed E-state index contributed by atoms with van der Waals surface area (Å²) in [5.41, 5.74) is 6.94. The van der Waals surface area contributed by atoms with Crippen molar-refractivity contribution in [1.82, 2.24) is 0 Å². The zero-order valence-electron chi connectivity index (χ0n) is 23.1. The van der Waals surface area contributed by atoms with Crippen LogP contribution in [0.2, 0.25) is 0 Å². The molecular weight excluding hydrogens is 434 g/mol. The number of ether oxygens (including phenoxy) is 2. The van der Waals surface area contributed by atoms with Crippen LogP contribution >= 0.6 is 0 Å². The van der Waals surface area contributed by atoms with Gasteiger partial charge in [-0.1, -0.05) is 129 Å². The van der Waals surface area contributed by atoms with Crippen LogP contribution in [0.5, 0.6) is 11.5 Å². The Kier molecular flexibility index (Phi) is 20.3. The normalized spacial score (nSPS) is 11.0. The Morgan fingerprint density at radius 1 is 0.571 bits per heavy atom. The highest BCUT2D eigenvalue weighted by molar-refractivity contribution is 5.85. The number of rotatable bonds is 25. The highest BCUT2D eigenvalue weighted by Gasteiger charge is 2.11. The van der Waals surface area contributed by atoms with Gasteiger partial charge in [-0.3, -0.25) is 4.79 Å². The summed E-state index contributed by atoms with van der Waals surface area (Å²) in [6.07, 6.45) is 26.7. The molecule has 35 heavy (non-hydrogen) atoms. The summed E-state index contributed by atoms with van der Waals surface area (Å²) in [7, 11) is 0. The molecule has 202 valence electrons. The summed E-state index contributed by atoms with van der Waals surface area (Å²) < 4.78 is 12.0. The highest BCUT2D eigenvalue weighted by Crippen LogP contribution is 2.32. The van der Waals surface area contributed by atoms with Gasteiger partial charge in [0.15, 0.2) is 17.8 Å². The molecule has 0 saturated heterocycles. The van der Waals surface area contributed by atoms with Crippen molar-refractivity contribution in [3.05, 3.63) is 17.7 Å². The molecule has 4 nitrogen and oxygen atoms in total. The topological polar surface area (TPSA) is 61.5 Å². The first kappa shape index (κ1) is 31.3. The molecule has 0 amide bonds. The van der Waals surface area contributed by atoms with E-state index in [4.69, 9.17) is 15.2 Å². The molecule has 0 saturated carbocycles. The number of unbranched alkanes of at least 4 members (excludes halogenated alkanes) is 18. The molecule has 0 bridgehead atoms. The minimum absolute atomic E-state index is 0.448. The lowest BCUT2D eigenvalue weighted by Gasteiger charge is -2.15. The van der Waals surface area contributed by atoms with Gasteiger partial charge in [0.2, 0.25) is 0 Å². The Morgan fingerprint density at radius 3 is 1.29 bits per heavy atom. The van der Waals surface area contributed by atoms with Crippen LogP contribution in [0.25, 0.3) is 0 Å². The number of carbonyl (C=O) groups excluding carboxylic acids is 1. The number of nitrogens with two attached hydrogens (primary N) is 1. The molecule has 0 atom stereocenters. The van der Waals surface area contributed by atoms with E-state index in [0.717, 1.165) is 19.1 Å². The molecule has 4 heteroatoms. The van der Waals surface area contributed by atoms with Gasteiger partial charge in [-0.15, -0.1) is 0 Å². The Morgan fingerprint density at radius 2 is 0.914 bits per heavy atom. The van der Waals surface area contributed by atoms with Crippen LogP contribution in [0.15, 0.2) is 12.1 Å². The molecule has 1 aromatic rings. The second kappa shape index (κ2) is 22.7. The molecule has 0 aliphatic carbocycles. The lowest BCUT2D eigenvalue weighted by molar-refractivity contribution is 0.112. The third-order valence-corrected chi connectivity index (χ3v) is 6.79. The second-order valence-electron chi connectivity index (χ2n) is 10.1. The van der Waals surface area contributed by atoms with Gasteiger partial charge in [0, 0.05) is 17.3 Å². The van der Waals surface area contributed by atoms with Gasteiger partial charge in [0.05, 0.1) is 13.2 Å². The molecule has 0 spiro atoms. The molecule has 1 aromatic carbocycles. The average Bonchev–Trinajstić information content (AvgIpc) is 2.86. The van der Waals surface area contributed by atoms with Crippen molar-refractivity contribution in [1.29, 1.82) is 0 Å². The molecule has 0 fully saturated rings. The van der Waals surface area contributed by atoms with E-state index in [0.29, 0.717) is 36.0 Å². The molecule has 0 aromatic heterocycles. The summed E-state index contributed by atoms with van der Waals surface area (Å²) in [6, 6.07) is 3.47. The maximum absolute atomic E-state index is 11.3. The van der Waals surface area contributed by atoms with Crippen LogP contribution < -0.4 is 15.2 Å². The zero-order valence-corrected chi connectivity index (χ0v) is 23.1. The van der Waals surface area contributed by atoms with E-state index in [1.54, 1.807) is 12.1 Å². The number of hydrogen-bond donors (Lipinski definition) is 1. The number of carbonyl (C=O) groups is 1. The van der Waals surface area contributed by atoms with E-state index in [-0.39, 0.29) is 0 Å². The van der Waals surface area contributed by atoms with E-state index in [1.807, 2.05) is 0 Å². The van der Waals surface area contributed by atoms with Crippen molar-refractivity contribution in [2.24, 2.45) is 0 Å². The van der Waals surface area contributed by atoms with Crippen molar-refractivity contribution in [3.8, 4) is 11.5 Å². The van der Waals surface area contributed by atoms with E-state index < -0.39 is 0 Å². The van der Waals surface area contributed by atoms with Crippen molar-refractivity contribution >= 4 is 12.0 Å². The Balaban J connectivity index is 2.23. The molecule has 2 N–H and O–H groups in total. The fraction of sp³-hybridized carbons (Fsp3) is 0.774. The van der Waals surface area contributed by atoms with Crippen molar-refractivity contribution in [2.75, 3.05) is 18.9 Å². The summed E-state index contributed by atoms with van der Waals surface area (Å²) in [6.45, 7) is 5.83. The third kappa shape index (κ3) is 16.6. The van der Waals surface area contributed by atoms with Gasteiger partial charge < -0.3 is 15.2 Å². The van der Waals surface area contributed by atoms with E-state index in [9.17, 15) is 4.79 Å². The van der Waals surface area contributed by atoms with Gasteiger partial charge in [0.25, 0.3) is 0 Å². The Bertz CT molecular complexity index is 632. The molecule has 0 radical (unpaired) electrons. The standard InChI is InChI=1S/C31H55NO3/c1-3-5-7-9-11-13-15-17-19-21-23-34-30-25-28(27-33)29(32)26-31(30)35-24-22-20-18-16-14-12-10-8-6-4-2/h25-27H,3-24,32H2,1-2H3. The van der Waals surface area contributed by atoms with Crippen molar-refractivity contribution < 1.29 is 14.3 Å². The van der Waals surface area contributed by atoms with Crippen molar-refractivity contribution in [3.63, 3.8) is 0 Å². The van der Waals surface area contributed by atoms with Gasteiger partial charge in [-0.25, -0.2) is 0 Å². The SMILES string of the molecule is CCCCCCCCCCCCOc1cc(N)c(C=O)cc1OCCCCCCCCCCCC. The smallest absolute Gasteiger partial charge is 0.163 e.